The molecule has 5 nitrogen and oxygen atoms in total. The van der Waals surface area contributed by atoms with Gasteiger partial charge in [0, 0.05) is 26.7 Å². The molecule has 18 heavy (non-hydrogen) atoms. The third kappa shape index (κ3) is 4.04. The van der Waals surface area contributed by atoms with Crippen LogP contribution in [0.4, 0.5) is 15.8 Å². The number of nitrogens with one attached hydrogen (secondary N) is 2. The summed E-state index contributed by atoms with van der Waals surface area (Å²) in [6, 6.07) is 4.13. The summed E-state index contributed by atoms with van der Waals surface area (Å²) in [6.45, 7) is 1.36. The topological polar surface area (TPSA) is 61.4 Å². The lowest BCUT2D eigenvalue weighted by Crippen LogP contribution is -2.28. The number of carbonyl (C=O) groups is 2. The first kappa shape index (κ1) is 14.0. The summed E-state index contributed by atoms with van der Waals surface area (Å²) in [5, 5.41) is 5.23. The number of halogens is 1. The van der Waals surface area contributed by atoms with Crippen LogP contribution in [0.2, 0.25) is 0 Å². The maximum Gasteiger partial charge on any atom is 0.241 e. The molecule has 2 N–H and O–H groups in total. The van der Waals surface area contributed by atoms with Gasteiger partial charge in [-0.3, -0.25) is 9.59 Å². The molecule has 0 aliphatic carbocycles. The molecule has 1 rings (SSSR count). The maximum absolute atomic E-state index is 13.5. The second-order valence-electron chi connectivity index (χ2n) is 4.02. The Morgan fingerprint density at radius 1 is 1.33 bits per heavy atom. The molecule has 0 bridgehead atoms. The molecule has 0 saturated heterocycles. The van der Waals surface area contributed by atoms with Gasteiger partial charge in [-0.25, -0.2) is 4.39 Å². The lowest BCUT2D eigenvalue weighted by molar-refractivity contribution is -0.126. The Kier molecular flexibility index (Phi) is 4.65. The molecule has 0 fully saturated rings. The van der Waals surface area contributed by atoms with E-state index in [-0.39, 0.29) is 24.0 Å². The molecule has 98 valence electrons. The Hall–Kier alpha value is -2.11. The first-order valence-electron chi connectivity index (χ1n) is 5.41. The van der Waals surface area contributed by atoms with Crippen molar-refractivity contribution < 1.29 is 14.0 Å². The Morgan fingerprint density at radius 2 is 2.00 bits per heavy atom. The van der Waals surface area contributed by atoms with Crippen molar-refractivity contribution in [1.82, 2.24) is 4.90 Å². The van der Waals surface area contributed by atoms with Crippen LogP contribution in [0.5, 0.6) is 0 Å². The summed E-state index contributed by atoms with van der Waals surface area (Å²) in [6.07, 6.45) is 0. The van der Waals surface area contributed by atoms with Crippen LogP contribution in [0.25, 0.3) is 0 Å². The molecular formula is C12H16FN3O2. The Bertz CT molecular complexity index is 461. The number of hydrogen-bond acceptors (Lipinski definition) is 3. The average molecular weight is 253 g/mol. The highest BCUT2D eigenvalue weighted by Gasteiger charge is 2.07. The van der Waals surface area contributed by atoms with E-state index >= 15 is 0 Å². The Morgan fingerprint density at radius 3 is 2.56 bits per heavy atom. The normalized spacial score (nSPS) is 9.78. The van der Waals surface area contributed by atoms with E-state index in [1.165, 1.54) is 30.0 Å². The summed E-state index contributed by atoms with van der Waals surface area (Å²) in [5.41, 5.74) is 0.653. The molecular weight excluding hydrogens is 237 g/mol. The quantitative estimate of drug-likeness (QED) is 0.849. The fourth-order valence-corrected chi connectivity index (χ4v) is 1.27. The Balaban J connectivity index is 2.75. The zero-order valence-electron chi connectivity index (χ0n) is 10.6. The van der Waals surface area contributed by atoms with Gasteiger partial charge < -0.3 is 15.5 Å². The van der Waals surface area contributed by atoms with Crippen molar-refractivity contribution in [2.24, 2.45) is 0 Å². The predicted molar refractivity (Wildman–Crippen MR) is 67.9 cm³/mol. The number of hydrogen-bond donors (Lipinski definition) is 2. The number of likely N-dealkylation sites (N-methyl/N-ethyl adjacent to an activating group) is 1. The van der Waals surface area contributed by atoms with Crippen LogP contribution in [0.1, 0.15) is 6.92 Å². The number of benzene rings is 1. The molecule has 0 saturated carbocycles. The van der Waals surface area contributed by atoms with Crippen LogP contribution in [0, 0.1) is 5.82 Å². The van der Waals surface area contributed by atoms with Crippen molar-refractivity contribution in [2.75, 3.05) is 31.3 Å². The van der Waals surface area contributed by atoms with Gasteiger partial charge in [-0.1, -0.05) is 0 Å². The van der Waals surface area contributed by atoms with E-state index in [4.69, 9.17) is 0 Å². The minimum absolute atomic E-state index is 0.00650. The third-order valence-electron chi connectivity index (χ3n) is 2.22. The molecule has 0 aliphatic rings. The van der Waals surface area contributed by atoms with Gasteiger partial charge in [0.25, 0.3) is 0 Å². The van der Waals surface area contributed by atoms with Crippen LogP contribution >= 0.6 is 0 Å². The van der Waals surface area contributed by atoms with Crippen LogP contribution < -0.4 is 10.6 Å². The van der Waals surface area contributed by atoms with Gasteiger partial charge in [0.05, 0.1) is 12.2 Å². The molecule has 0 aromatic heterocycles. The molecule has 6 heteroatoms. The molecule has 0 atom stereocenters. The molecule has 1 aromatic rings. The number of anilines is 2. The number of carbonyl (C=O) groups excluding carboxylic acids is 2. The highest BCUT2D eigenvalue weighted by atomic mass is 19.1. The van der Waals surface area contributed by atoms with Crippen molar-refractivity contribution in [3.63, 3.8) is 0 Å². The molecule has 0 aliphatic heterocycles. The summed E-state index contributed by atoms with van der Waals surface area (Å²) >= 11 is 0. The van der Waals surface area contributed by atoms with Crippen molar-refractivity contribution in [1.29, 1.82) is 0 Å². The molecule has 0 heterocycles. The van der Waals surface area contributed by atoms with Gasteiger partial charge >= 0.3 is 0 Å². The summed E-state index contributed by atoms with van der Waals surface area (Å²) in [5.74, 6) is -0.882. The van der Waals surface area contributed by atoms with Crippen molar-refractivity contribution in [3.05, 3.63) is 24.0 Å². The van der Waals surface area contributed by atoms with E-state index in [0.29, 0.717) is 5.69 Å². The van der Waals surface area contributed by atoms with E-state index in [9.17, 15) is 14.0 Å². The summed E-state index contributed by atoms with van der Waals surface area (Å²) in [7, 11) is 3.24. The zero-order valence-corrected chi connectivity index (χ0v) is 10.6. The first-order valence-corrected chi connectivity index (χ1v) is 5.41. The molecule has 0 spiro atoms. The van der Waals surface area contributed by atoms with Crippen molar-refractivity contribution in [2.45, 2.75) is 6.92 Å². The first-order chi connectivity index (χ1) is 8.40. The van der Waals surface area contributed by atoms with E-state index in [0.717, 1.165) is 0 Å². The van der Waals surface area contributed by atoms with Gasteiger partial charge in [-0.05, 0) is 18.2 Å². The lowest BCUT2D eigenvalue weighted by Gasteiger charge is -2.13. The van der Waals surface area contributed by atoms with Gasteiger partial charge in [-0.2, -0.15) is 0 Å². The SMILES string of the molecule is CC(=O)Nc1ccc(F)c(NCC(=O)N(C)C)c1. The number of nitrogens with zero attached hydrogens (tertiary/aromatic N) is 1. The zero-order chi connectivity index (χ0) is 13.7. The number of rotatable bonds is 4. The molecule has 2 amide bonds. The molecule has 0 unspecified atom stereocenters. The Labute approximate surface area is 105 Å². The second kappa shape index (κ2) is 6.00. The van der Waals surface area contributed by atoms with E-state index < -0.39 is 5.82 Å². The van der Waals surface area contributed by atoms with Crippen LogP contribution in [-0.2, 0) is 9.59 Å². The molecule has 0 radical (unpaired) electrons. The highest BCUT2D eigenvalue weighted by molar-refractivity contribution is 5.89. The van der Waals surface area contributed by atoms with Crippen molar-refractivity contribution in [3.8, 4) is 0 Å². The third-order valence-corrected chi connectivity index (χ3v) is 2.22. The number of amides is 2. The summed E-state index contributed by atoms with van der Waals surface area (Å²) < 4.78 is 13.5. The van der Waals surface area contributed by atoms with Gasteiger partial charge in [0.1, 0.15) is 5.82 Å². The summed E-state index contributed by atoms with van der Waals surface area (Å²) in [4.78, 5) is 23.6. The van der Waals surface area contributed by atoms with E-state index in [1.54, 1.807) is 14.1 Å². The monoisotopic (exact) mass is 253 g/mol. The largest absolute Gasteiger partial charge is 0.374 e. The second-order valence-corrected chi connectivity index (χ2v) is 4.02. The molecule has 1 aromatic carbocycles. The van der Waals surface area contributed by atoms with Crippen LogP contribution in [0.3, 0.4) is 0 Å². The standard InChI is InChI=1S/C12H16FN3O2/c1-8(17)15-9-4-5-10(13)11(6-9)14-7-12(18)16(2)3/h4-6,14H,7H2,1-3H3,(H,15,17). The highest BCUT2D eigenvalue weighted by Crippen LogP contribution is 2.19. The van der Waals surface area contributed by atoms with Gasteiger partial charge in [0.15, 0.2) is 0 Å². The van der Waals surface area contributed by atoms with Crippen LogP contribution in [0.15, 0.2) is 18.2 Å². The average Bonchev–Trinajstić information content (AvgIpc) is 2.28. The minimum atomic E-state index is -0.476. The van der Waals surface area contributed by atoms with Gasteiger partial charge in [-0.15, -0.1) is 0 Å². The van der Waals surface area contributed by atoms with E-state index in [2.05, 4.69) is 10.6 Å². The lowest BCUT2D eigenvalue weighted by atomic mass is 10.2. The fourth-order valence-electron chi connectivity index (χ4n) is 1.27. The maximum atomic E-state index is 13.5. The predicted octanol–water partition coefficient (Wildman–Crippen LogP) is 1.28. The van der Waals surface area contributed by atoms with Crippen molar-refractivity contribution >= 4 is 23.2 Å². The van der Waals surface area contributed by atoms with Crippen LogP contribution in [-0.4, -0.2) is 37.4 Å². The smallest absolute Gasteiger partial charge is 0.241 e. The van der Waals surface area contributed by atoms with Gasteiger partial charge in [0.2, 0.25) is 11.8 Å². The van der Waals surface area contributed by atoms with E-state index in [1.807, 2.05) is 0 Å². The fraction of sp³-hybridized carbons (Fsp3) is 0.333. The minimum Gasteiger partial charge on any atom is -0.374 e.